The van der Waals surface area contributed by atoms with Crippen molar-refractivity contribution in [1.29, 1.82) is 0 Å². The number of nitrogens with two attached hydrogens (primary N) is 1. The number of carbonyl (C=O) groups is 2. The number of likely N-dealkylation sites (tertiary alicyclic amines) is 1. The van der Waals surface area contributed by atoms with E-state index >= 15 is 0 Å². The maximum Gasteiger partial charge on any atom is 0.223 e. The number of para-hydroxylation sites is 1. The maximum atomic E-state index is 12.4. The number of benzene rings is 1. The number of methoxy groups -OCH3 is 1. The van der Waals surface area contributed by atoms with E-state index in [-0.39, 0.29) is 36.4 Å². The zero-order chi connectivity index (χ0) is 19.7. The SMILES string of the molecule is COc1cccc2c1OC1(CCN(C(=O)CCC(N)=O)CC1)[C@H]1CCCO[C@H]21. The third-order valence-corrected chi connectivity index (χ3v) is 6.39. The molecule has 4 rings (SSSR count). The first-order chi connectivity index (χ1) is 13.5. The van der Waals surface area contributed by atoms with E-state index in [1.807, 2.05) is 17.0 Å². The van der Waals surface area contributed by atoms with Gasteiger partial charge in [-0.15, -0.1) is 0 Å². The summed E-state index contributed by atoms with van der Waals surface area (Å²) in [6, 6.07) is 5.96. The van der Waals surface area contributed by atoms with E-state index in [0.29, 0.717) is 13.1 Å². The van der Waals surface area contributed by atoms with Gasteiger partial charge in [-0.3, -0.25) is 9.59 Å². The second-order valence-electron chi connectivity index (χ2n) is 7.93. The molecule has 152 valence electrons. The minimum absolute atomic E-state index is 0.00436. The highest BCUT2D eigenvalue weighted by Gasteiger charge is 2.53. The quantitative estimate of drug-likeness (QED) is 0.854. The van der Waals surface area contributed by atoms with E-state index in [1.54, 1.807) is 7.11 Å². The first kappa shape index (κ1) is 19.1. The Balaban J connectivity index is 1.56. The summed E-state index contributed by atoms with van der Waals surface area (Å²) in [5.41, 5.74) is 5.88. The van der Waals surface area contributed by atoms with E-state index in [1.165, 1.54) is 0 Å². The maximum absolute atomic E-state index is 12.4. The Morgan fingerprint density at radius 3 is 2.79 bits per heavy atom. The molecule has 0 radical (unpaired) electrons. The van der Waals surface area contributed by atoms with E-state index in [2.05, 4.69) is 6.07 Å². The summed E-state index contributed by atoms with van der Waals surface area (Å²) < 4.78 is 18.4. The van der Waals surface area contributed by atoms with Crippen LogP contribution in [0.3, 0.4) is 0 Å². The van der Waals surface area contributed by atoms with Crippen LogP contribution in [0.2, 0.25) is 0 Å². The molecular formula is C21H28N2O5. The van der Waals surface area contributed by atoms with Crippen molar-refractivity contribution < 1.29 is 23.8 Å². The van der Waals surface area contributed by atoms with Crippen molar-refractivity contribution in [3.63, 3.8) is 0 Å². The van der Waals surface area contributed by atoms with Crippen LogP contribution in [-0.4, -0.2) is 49.1 Å². The van der Waals surface area contributed by atoms with Crippen LogP contribution in [0.4, 0.5) is 0 Å². The van der Waals surface area contributed by atoms with Gasteiger partial charge >= 0.3 is 0 Å². The fraction of sp³-hybridized carbons (Fsp3) is 0.619. The fourth-order valence-corrected chi connectivity index (χ4v) is 4.93. The molecule has 28 heavy (non-hydrogen) atoms. The van der Waals surface area contributed by atoms with Crippen LogP contribution < -0.4 is 15.2 Å². The first-order valence-electron chi connectivity index (χ1n) is 10.1. The number of amides is 2. The Hall–Kier alpha value is -2.28. The molecule has 1 aromatic rings. The third kappa shape index (κ3) is 3.32. The summed E-state index contributed by atoms with van der Waals surface area (Å²) in [4.78, 5) is 25.2. The molecule has 1 aromatic carbocycles. The Labute approximate surface area is 165 Å². The number of piperidine rings is 1. The number of hydrogen-bond acceptors (Lipinski definition) is 5. The van der Waals surface area contributed by atoms with Crippen LogP contribution in [-0.2, 0) is 14.3 Å². The molecule has 0 saturated carbocycles. The van der Waals surface area contributed by atoms with Gasteiger partial charge in [0.25, 0.3) is 0 Å². The smallest absolute Gasteiger partial charge is 0.223 e. The van der Waals surface area contributed by atoms with Crippen molar-refractivity contribution in [2.45, 2.75) is 50.2 Å². The highest BCUT2D eigenvalue weighted by atomic mass is 16.5. The Kier molecular flexibility index (Phi) is 5.19. The molecule has 1 spiro atoms. The van der Waals surface area contributed by atoms with E-state index in [4.69, 9.17) is 19.9 Å². The van der Waals surface area contributed by atoms with Gasteiger partial charge in [-0.2, -0.15) is 0 Å². The monoisotopic (exact) mass is 388 g/mol. The van der Waals surface area contributed by atoms with Gasteiger partial charge in [-0.1, -0.05) is 12.1 Å². The molecule has 0 unspecified atom stereocenters. The highest BCUT2D eigenvalue weighted by molar-refractivity contribution is 5.83. The highest BCUT2D eigenvalue weighted by Crippen LogP contribution is 2.55. The van der Waals surface area contributed by atoms with Gasteiger partial charge in [0.1, 0.15) is 5.60 Å². The molecule has 2 amide bonds. The second kappa shape index (κ2) is 7.62. The largest absolute Gasteiger partial charge is 0.493 e. The normalized spacial score (nSPS) is 25.4. The number of nitrogens with zero attached hydrogens (tertiary/aromatic N) is 1. The van der Waals surface area contributed by atoms with Crippen LogP contribution in [0.1, 0.15) is 50.2 Å². The molecule has 3 aliphatic heterocycles. The summed E-state index contributed by atoms with van der Waals surface area (Å²) in [5.74, 6) is 1.32. The van der Waals surface area contributed by atoms with Gasteiger partial charge in [-0.25, -0.2) is 0 Å². The molecule has 0 bridgehead atoms. The van der Waals surface area contributed by atoms with Gasteiger partial charge in [-0.05, 0) is 18.9 Å². The molecule has 2 fully saturated rings. The van der Waals surface area contributed by atoms with Crippen LogP contribution in [0.15, 0.2) is 18.2 Å². The average molecular weight is 388 g/mol. The molecule has 7 heteroatoms. The lowest BCUT2D eigenvalue weighted by molar-refractivity contribution is -0.157. The molecule has 2 N–H and O–H groups in total. The number of ether oxygens (including phenoxy) is 3. The Morgan fingerprint density at radius 2 is 2.07 bits per heavy atom. The third-order valence-electron chi connectivity index (χ3n) is 6.39. The minimum atomic E-state index is -0.441. The van der Waals surface area contributed by atoms with E-state index in [0.717, 1.165) is 49.4 Å². The Morgan fingerprint density at radius 1 is 1.29 bits per heavy atom. The molecule has 3 heterocycles. The van der Waals surface area contributed by atoms with Crippen molar-refractivity contribution in [3.05, 3.63) is 23.8 Å². The standard InChI is InChI=1S/C21H28N2O5/c1-26-16-6-2-4-14-19-15(5-3-13-27-19)21(28-20(14)16)9-11-23(12-10-21)18(25)8-7-17(22)24/h2,4,6,15,19H,3,5,7-13H2,1H3,(H2,22,24)/t15-,19+/m0/s1. The fourth-order valence-electron chi connectivity index (χ4n) is 4.93. The van der Waals surface area contributed by atoms with E-state index < -0.39 is 5.91 Å². The summed E-state index contributed by atoms with van der Waals surface area (Å²) in [6.07, 6.45) is 3.85. The van der Waals surface area contributed by atoms with Crippen molar-refractivity contribution in [2.75, 3.05) is 26.8 Å². The van der Waals surface area contributed by atoms with Crippen molar-refractivity contribution in [3.8, 4) is 11.5 Å². The molecule has 0 aliphatic carbocycles. The summed E-state index contributed by atoms with van der Waals surface area (Å²) in [7, 11) is 1.65. The Bertz CT molecular complexity index is 757. The summed E-state index contributed by atoms with van der Waals surface area (Å²) >= 11 is 0. The summed E-state index contributed by atoms with van der Waals surface area (Å²) in [5, 5.41) is 0. The predicted octanol–water partition coefficient (Wildman–Crippen LogP) is 2.18. The van der Waals surface area contributed by atoms with Gasteiger partial charge in [0, 0.05) is 56.9 Å². The lowest BCUT2D eigenvalue weighted by Crippen LogP contribution is -2.57. The predicted molar refractivity (Wildman–Crippen MR) is 102 cm³/mol. The first-order valence-corrected chi connectivity index (χ1v) is 10.1. The van der Waals surface area contributed by atoms with Crippen molar-refractivity contribution in [2.24, 2.45) is 11.7 Å². The second-order valence-corrected chi connectivity index (χ2v) is 7.93. The molecule has 0 aromatic heterocycles. The number of carbonyl (C=O) groups excluding carboxylic acids is 2. The van der Waals surface area contributed by atoms with Crippen LogP contribution >= 0.6 is 0 Å². The lowest BCUT2D eigenvalue weighted by Gasteiger charge is -2.53. The zero-order valence-corrected chi connectivity index (χ0v) is 16.3. The molecule has 7 nitrogen and oxygen atoms in total. The number of hydrogen-bond donors (Lipinski definition) is 1. The van der Waals surface area contributed by atoms with Crippen molar-refractivity contribution in [1.82, 2.24) is 4.90 Å². The minimum Gasteiger partial charge on any atom is -0.493 e. The summed E-state index contributed by atoms with van der Waals surface area (Å²) in [6.45, 7) is 1.99. The van der Waals surface area contributed by atoms with Crippen LogP contribution in [0.25, 0.3) is 0 Å². The van der Waals surface area contributed by atoms with Crippen LogP contribution in [0, 0.1) is 5.92 Å². The topological polar surface area (TPSA) is 91.1 Å². The van der Waals surface area contributed by atoms with Gasteiger partial charge in [0.2, 0.25) is 11.8 Å². The molecule has 2 atom stereocenters. The number of fused-ring (bicyclic) bond motifs is 4. The molecule has 2 saturated heterocycles. The van der Waals surface area contributed by atoms with Crippen molar-refractivity contribution >= 4 is 11.8 Å². The molecule has 3 aliphatic rings. The average Bonchev–Trinajstić information content (AvgIpc) is 2.72. The van der Waals surface area contributed by atoms with Gasteiger partial charge in [0.05, 0.1) is 13.2 Å². The number of rotatable bonds is 4. The van der Waals surface area contributed by atoms with E-state index in [9.17, 15) is 9.59 Å². The van der Waals surface area contributed by atoms with Crippen LogP contribution in [0.5, 0.6) is 11.5 Å². The zero-order valence-electron chi connectivity index (χ0n) is 16.3. The number of primary amides is 1. The van der Waals surface area contributed by atoms with Gasteiger partial charge in [0.15, 0.2) is 11.5 Å². The lowest BCUT2D eigenvalue weighted by atomic mass is 9.70. The molecular weight excluding hydrogens is 360 g/mol. The van der Waals surface area contributed by atoms with Gasteiger partial charge < -0.3 is 24.8 Å².